The number of nitrogens with two attached hydrogens (primary N) is 1. The maximum Gasteiger partial charge on any atom is 0.152 e. The van der Waals surface area contributed by atoms with Gasteiger partial charge in [0, 0.05) is 5.56 Å². The zero-order valence-electron chi connectivity index (χ0n) is 33.8. The largest absolute Gasteiger partial charge is 0.412 e. The molecule has 1 atom stereocenters. The lowest BCUT2D eigenvalue weighted by Crippen LogP contribution is -2.21. The van der Waals surface area contributed by atoms with Crippen LogP contribution in [0.3, 0.4) is 0 Å². The minimum atomic E-state index is -0.744. The van der Waals surface area contributed by atoms with Crippen LogP contribution in [0.25, 0.3) is 0 Å². The molecular formula is C46H79N3O6. The van der Waals surface area contributed by atoms with Gasteiger partial charge in [-0.1, -0.05) is 214 Å². The van der Waals surface area contributed by atoms with Gasteiger partial charge in [0.2, 0.25) is 0 Å². The van der Waals surface area contributed by atoms with Crippen molar-refractivity contribution in [2.45, 2.75) is 150 Å². The number of carbonyl (C=O) groups excluding carboxylic acids is 1. The normalized spacial score (nSPS) is 10.6. The quantitative estimate of drug-likeness (QED) is 0.0230. The van der Waals surface area contributed by atoms with Gasteiger partial charge in [0.15, 0.2) is 6.23 Å². The Morgan fingerprint density at radius 1 is 0.600 bits per heavy atom. The Morgan fingerprint density at radius 3 is 1.44 bits per heavy atom. The Morgan fingerprint density at radius 2 is 1.00 bits per heavy atom. The fourth-order valence-corrected chi connectivity index (χ4v) is 4.93. The van der Waals surface area contributed by atoms with E-state index in [4.69, 9.17) is 15.6 Å². The molecule has 6 N–H and O–H groups in total. The predicted octanol–water partition coefficient (Wildman–Crippen LogP) is 11.5. The molecule has 0 amide bonds. The molecule has 0 aliphatic carbocycles. The van der Waals surface area contributed by atoms with E-state index in [1.54, 1.807) is 18.3 Å². The van der Waals surface area contributed by atoms with Crippen LogP contribution < -0.4 is 11.4 Å². The molecule has 314 valence electrons. The first kappa shape index (κ1) is 55.9. The van der Waals surface area contributed by atoms with Crippen LogP contribution in [-0.4, -0.2) is 42.9 Å². The molecule has 0 heterocycles. The van der Waals surface area contributed by atoms with Crippen LogP contribution in [0, 0.1) is 0 Å². The second-order valence-electron chi connectivity index (χ2n) is 13.0. The van der Waals surface area contributed by atoms with Gasteiger partial charge < -0.3 is 20.3 Å². The van der Waals surface area contributed by atoms with E-state index in [1.165, 1.54) is 96.3 Å². The maximum absolute atomic E-state index is 10.0. The first-order valence-corrected chi connectivity index (χ1v) is 20.2. The first-order valence-electron chi connectivity index (χ1n) is 20.2. The van der Waals surface area contributed by atoms with Gasteiger partial charge in [-0.25, -0.2) is 5.90 Å². The predicted molar refractivity (Wildman–Crippen MR) is 233 cm³/mol. The zero-order chi connectivity index (χ0) is 38.7. The molecular weight excluding hydrogens is 691 g/mol. The molecule has 3 rings (SSSR count). The van der Waals surface area contributed by atoms with Gasteiger partial charge in [-0.05, 0) is 36.8 Å². The third kappa shape index (κ3) is 40.1. The summed E-state index contributed by atoms with van der Waals surface area (Å²) in [6.45, 7) is 8.78. The highest BCUT2D eigenvalue weighted by atomic mass is 16.7. The summed E-state index contributed by atoms with van der Waals surface area (Å²) in [6, 6.07) is 28.6. The van der Waals surface area contributed by atoms with Crippen LogP contribution >= 0.6 is 0 Å². The van der Waals surface area contributed by atoms with Crippen molar-refractivity contribution in [2.75, 3.05) is 19.8 Å². The summed E-state index contributed by atoms with van der Waals surface area (Å²) in [4.78, 5) is 24.9. The highest BCUT2D eigenvalue weighted by Gasteiger charge is 2.05. The Balaban J connectivity index is -0.000000678. The Labute approximate surface area is 335 Å². The number of rotatable bonds is 27. The SMILES string of the molecule is C.CCCCCCCCO/N=C/c1ccccc1.CCCCCCCCON.CCCCCCCCONC(O)c1ccccc1.O.O=Cc1ccccc1. The lowest BCUT2D eigenvalue weighted by atomic mass is 10.1. The van der Waals surface area contributed by atoms with Gasteiger partial charge in [0.05, 0.1) is 19.4 Å². The van der Waals surface area contributed by atoms with E-state index >= 15 is 0 Å². The molecule has 0 aliphatic heterocycles. The average Bonchev–Trinajstić information content (AvgIpc) is 3.21. The number of unbranched alkanes of at least 4 members (excludes halogenated alkanes) is 15. The highest BCUT2D eigenvalue weighted by Crippen LogP contribution is 2.10. The van der Waals surface area contributed by atoms with E-state index in [0.717, 1.165) is 48.8 Å². The number of nitrogens with zero attached hydrogens (tertiary/aromatic N) is 1. The number of oxime groups is 1. The number of carbonyl (C=O) groups is 1. The molecule has 3 aromatic carbocycles. The number of aliphatic hydroxyl groups excluding tert-OH is 1. The van der Waals surface area contributed by atoms with E-state index in [1.807, 2.05) is 78.9 Å². The molecule has 3 aromatic rings. The summed E-state index contributed by atoms with van der Waals surface area (Å²) < 4.78 is 0. The van der Waals surface area contributed by atoms with Gasteiger partial charge >= 0.3 is 0 Å². The van der Waals surface area contributed by atoms with Crippen molar-refractivity contribution in [1.29, 1.82) is 0 Å². The summed E-state index contributed by atoms with van der Waals surface area (Å²) in [7, 11) is 0. The summed E-state index contributed by atoms with van der Waals surface area (Å²) in [5.74, 6) is 4.87. The van der Waals surface area contributed by atoms with Gasteiger partial charge in [-0.3, -0.25) is 9.63 Å². The van der Waals surface area contributed by atoms with Crippen LogP contribution in [0.2, 0.25) is 0 Å². The number of hydrogen-bond donors (Lipinski definition) is 3. The number of aldehydes is 1. The highest BCUT2D eigenvalue weighted by molar-refractivity contribution is 5.78. The van der Waals surface area contributed by atoms with Crippen molar-refractivity contribution in [3.05, 3.63) is 108 Å². The molecule has 55 heavy (non-hydrogen) atoms. The number of benzene rings is 3. The van der Waals surface area contributed by atoms with Gasteiger partial charge in [0.25, 0.3) is 0 Å². The molecule has 0 fully saturated rings. The van der Waals surface area contributed by atoms with Crippen molar-refractivity contribution in [3.63, 3.8) is 0 Å². The smallest absolute Gasteiger partial charge is 0.152 e. The average molecular weight is 770 g/mol. The zero-order valence-corrected chi connectivity index (χ0v) is 33.8. The fraction of sp³-hybridized carbons (Fsp3) is 0.565. The summed E-state index contributed by atoms with van der Waals surface area (Å²) in [5.41, 5.74) is 5.28. The molecule has 9 heteroatoms. The molecule has 9 nitrogen and oxygen atoms in total. The number of aliphatic hydroxyl groups is 1. The first-order chi connectivity index (χ1) is 26.1. The fourth-order valence-electron chi connectivity index (χ4n) is 4.93. The minimum Gasteiger partial charge on any atom is -0.412 e. The van der Waals surface area contributed by atoms with E-state index < -0.39 is 6.23 Å². The van der Waals surface area contributed by atoms with Crippen LogP contribution in [0.1, 0.15) is 171 Å². The maximum atomic E-state index is 10.0. The lowest BCUT2D eigenvalue weighted by Gasteiger charge is -2.12. The Bertz CT molecular complexity index is 1150. The monoisotopic (exact) mass is 770 g/mol. The van der Waals surface area contributed by atoms with Crippen molar-refractivity contribution >= 4 is 12.5 Å². The van der Waals surface area contributed by atoms with E-state index in [9.17, 15) is 9.90 Å². The second-order valence-corrected chi connectivity index (χ2v) is 13.0. The van der Waals surface area contributed by atoms with Gasteiger partial charge in [-0.15, -0.1) is 0 Å². The summed E-state index contributed by atoms with van der Waals surface area (Å²) in [6.07, 6.45) is 24.7. The van der Waals surface area contributed by atoms with Gasteiger partial charge in [0.1, 0.15) is 12.9 Å². The van der Waals surface area contributed by atoms with Crippen molar-refractivity contribution in [1.82, 2.24) is 5.48 Å². The molecule has 0 spiro atoms. The molecule has 0 saturated carbocycles. The standard InChI is InChI=1S/C15H25NO2.C15H23NO.C8H19NO.C7H6O.CH4.H2O/c1-2-3-4-5-6-10-13-18-16-15(17)14-11-8-7-9-12-14;1-2-3-4-5-6-10-13-17-16-14-15-11-8-7-9-12-15;1-2-3-4-5-6-7-8-10-9;8-6-7-4-2-1-3-5-7;;/h7-9,11-12,15-17H,2-6,10,13H2,1H3;7-9,11-12,14H,2-6,10,13H2,1H3;2-9H2,1H3;1-6H;1H4;1H2/b;16-14+;;;;. The van der Waals surface area contributed by atoms with Crippen LogP contribution in [-0.2, 0) is 14.5 Å². The Hall–Kier alpha value is -3.44. The van der Waals surface area contributed by atoms with Gasteiger partial charge in [-0.2, -0.15) is 5.48 Å². The van der Waals surface area contributed by atoms with E-state index in [-0.39, 0.29) is 12.9 Å². The minimum absolute atomic E-state index is 0. The summed E-state index contributed by atoms with van der Waals surface area (Å²) >= 11 is 0. The topological polar surface area (TPSA) is 147 Å². The van der Waals surface area contributed by atoms with Crippen LogP contribution in [0.5, 0.6) is 0 Å². The molecule has 0 saturated heterocycles. The second kappa shape index (κ2) is 46.7. The van der Waals surface area contributed by atoms with Crippen LogP contribution in [0.4, 0.5) is 0 Å². The molecule has 0 bridgehead atoms. The van der Waals surface area contributed by atoms with Crippen molar-refractivity contribution in [2.24, 2.45) is 11.1 Å². The Kier molecular flexibility index (Phi) is 47.5. The van der Waals surface area contributed by atoms with E-state index in [2.05, 4.69) is 36.2 Å². The lowest BCUT2D eigenvalue weighted by molar-refractivity contribution is -0.0595. The molecule has 1 unspecified atom stereocenters. The van der Waals surface area contributed by atoms with E-state index in [0.29, 0.717) is 13.2 Å². The molecule has 0 radical (unpaired) electrons. The number of hydrogen-bond acceptors (Lipinski definition) is 8. The molecule has 0 aromatic heterocycles. The summed E-state index contributed by atoms with van der Waals surface area (Å²) in [5, 5.41) is 13.7. The van der Waals surface area contributed by atoms with Crippen molar-refractivity contribution in [3.8, 4) is 0 Å². The third-order valence-corrected chi connectivity index (χ3v) is 8.13. The number of hydroxylamine groups is 1. The van der Waals surface area contributed by atoms with Crippen molar-refractivity contribution < 1.29 is 29.9 Å². The molecule has 0 aliphatic rings. The number of nitrogens with one attached hydrogen (secondary N) is 1. The van der Waals surface area contributed by atoms with Crippen LogP contribution in [0.15, 0.2) is 96.2 Å². The third-order valence-electron chi connectivity index (χ3n) is 8.13.